The average Bonchev–Trinajstić information content (AvgIpc) is 2.16. The van der Waals surface area contributed by atoms with Gasteiger partial charge in [0.05, 0.1) is 5.56 Å². The van der Waals surface area contributed by atoms with Crippen molar-refractivity contribution >= 4 is 17.4 Å². The lowest BCUT2D eigenvalue weighted by atomic mass is 10.1. The molecule has 1 aromatic carbocycles. The van der Waals surface area contributed by atoms with Crippen LogP contribution in [0.4, 0.5) is 5.69 Å². The largest absolute Gasteiger partial charge is 0.453 e. The average molecular weight is 233 g/mol. The molecule has 0 bridgehead atoms. The van der Waals surface area contributed by atoms with Crippen molar-refractivity contribution in [3.63, 3.8) is 0 Å². The summed E-state index contributed by atoms with van der Waals surface area (Å²) in [6, 6.07) is 5.37. The van der Waals surface area contributed by atoms with Gasteiger partial charge in [0.15, 0.2) is 0 Å². The third-order valence-corrected chi connectivity index (χ3v) is 2.33. The summed E-state index contributed by atoms with van der Waals surface area (Å²) in [4.78, 5) is 11.0. The highest BCUT2D eigenvalue weighted by atomic mass is 16.7. The van der Waals surface area contributed by atoms with Gasteiger partial charge in [0.1, 0.15) is 11.5 Å². The standard InChI is InChI=1S/C13H15NO3/c1-8-11-7-10(14-9(2)15)5-6-12(11)17-13(3,4)16-8/h5-7H,1H2,2-4H3,(H,14,15). The monoisotopic (exact) mass is 233 g/mol. The number of anilines is 1. The molecule has 4 nitrogen and oxygen atoms in total. The van der Waals surface area contributed by atoms with E-state index < -0.39 is 5.79 Å². The van der Waals surface area contributed by atoms with Crippen LogP contribution in [0.15, 0.2) is 24.8 Å². The first-order valence-corrected chi connectivity index (χ1v) is 5.36. The molecule has 0 aliphatic carbocycles. The minimum absolute atomic E-state index is 0.117. The fourth-order valence-corrected chi connectivity index (χ4v) is 1.76. The van der Waals surface area contributed by atoms with Crippen molar-refractivity contribution in [1.82, 2.24) is 0 Å². The van der Waals surface area contributed by atoms with Gasteiger partial charge < -0.3 is 14.8 Å². The Labute approximate surface area is 100 Å². The maximum Gasteiger partial charge on any atom is 0.245 e. The van der Waals surface area contributed by atoms with Crippen LogP contribution >= 0.6 is 0 Å². The molecule has 0 atom stereocenters. The molecule has 1 aromatic rings. The predicted octanol–water partition coefficient (Wildman–Crippen LogP) is 2.76. The highest BCUT2D eigenvalue weighted by Crippen LogP contribution is 2.38. The van der Waals surface area contributed by atoms with Gasteiger partial charge in [-0.2, -0.15) is 0 Å². The van der Waals surface area contributed by atoms with Crippen LogP contribution in [0.3, 0.4) is 0 Å². The van der Waals surface area contributed by atoms with Gasteiger partial charge in [-0.05, 0) is 18.2 Å². The molecule has 0 radical (unpaired) electrons. The Morgan fingerprint density at radius 3 is 2.71 bits per heavy atom. The number of amides is 1. The number of carbonyl (C=O) groups excluding carboxylic acids is 1. The van der Waals surface area contributed by atoms with Crippen molar-refractivity contribution in [3.05, 3.63) is 30.3 Å². The third-order valence-electron chi connectivity index (χ3n) is 2.33. The van der Waals surface area contributed by atoms with Crippen molar-refractivity contribution < 1.29 is 14.3 Å². The van der Waals surface area contributed by atoms with Crippen molar-refractivity contribution in [3.8, 4) is 5.75 Å². The summed E-state index contributed by atoms with van der Waals surface area (Å²) < 4.78 is 11.2. The van der Waals surface area contributed by atoms with Crippen LogP contribution in [0.5, 0.6) is 5.75 Å². The van der Waals surface area contributed by atoms with Gasteiger partial charge in [-0.3, -0.25) is 4.79 Å². The molecule has 0 spiro atoms. The van der Waals surface area contributed by atoms with Gasteiger partial charge in [-0.25, -0.2) is 0 Å². The normalized spacial score (nSPS) is 16.5. The molecule has 0 unspecified atom stereocenters. The third kappa shape index (κ3) is 2.41. The van der Waals surface area contributed by atoms with E-state index in [2.05, 4.69) is 11.9 Å². The van der Waals surface area contributed by atoms with E-state index in [4.69, 9.17) is 9.47 Å². The van der Waals surface area contributed by atoms with Crippen molar-refractivity contribution in [1.29, 1.82) is 0 Å². The minimum Gasteiger partial charge on any atom is -0.453 e. The first-order valence-electron chi connectivity index (χ1n) is 5.36. The molecule has 1 aliphatic rings. The second-order valence-electron chi connectivity index (χ2n) is 4.42. The number of ether oxygens (including phenoxy) is 2. The lowest BCUT2D eigenvalue weighted by Gasteiger charge is -2.34. The molecular formula is C13H15NO3. The Morgan fingerprint density at radius 2 is 2.06 bits per heavy atom. The van der Waals surface area contributed by atoms with E-state index in [-0.39, 0.29) is 5.91 Å². The second-order valence-corrected chi connectivity index (χ2v) is 4.42. The van der Waals surface area contributed by atoms with Crippen LogP contribution in [0, 0.1) is 0 Å². The van der Waals surface area contributed by atoms with E-state index in [1.54, 1.807) is 18.2 Å². The summed E-state index contributed by atoms with van der Waals surface area (Å²) >= 11 is 0. The van der Waals surface area contributed by atoms with Gasteiger partial charge in [0, 0.05) is 26.5 Å². The number of hydrogen-bond donors (Lipinski definition) is 1. The van der Waals surface area contributed by atoms with E-state index >= 15 is 0 Å². The molecule has 0 saturated heterocycles. The number of benzene rings is 1. The molecule has 1 aliphatic heterocycles. The molecule has 0 aromatic heterocycles. The zero-order valence-electron chi connectivity index (χ0n) is 10.2. The van der Waals surface area contributed by atoms with Crippen LogP contribution in [0.2, 0.25) is 0 Å². The lowest BCUT2D eigenvalue weighted by Crippen LogP contribution is -2.34. The smallest absolute Gasteiger partial charge is 0.245 e. The first kappa shape index (κ1) is 11.5. The van der Waals surface area contributed by atoms with Crippen LogP contribution in [0.25, 0.3) is 5.76 Å². The van der Waals surface area contributed by atoms with Gasteiger partial charge in [-0.1, -0.05) is 6.58 Å². The summed E-state index contributed by atoms with van der Waals surface area (Å²) in [6.07, 6.45) is 0. The minimum atomic E-state index is -0.709. The van der Waals surface area contributed by atoms with Gasteiger partial charge >= 0.3 is 0 Å². The number of fused-ring (bicyclic) bond motifs is 1. The van der Waals surface area contributed by atoms with Crippen LogP contribution in [0.1, 0.15) is 26.3 Å². The fraction of sp³-hybridized carbons (Fsp3) is 0.308. The van der Waals surface area contributed by atoms with Crippen LogP contribution in [-0.4, -0.2) is 11.7 Å². The lowest BCUT2D eigenvalue weighted by molar-refractivity contribution is -0.114. The van der Waals surface area contributed by atoms with E-state index in [0.29, 0.717) is 17.2 Å². The quantitative estimate of drug-likeness (QED) is 0.811. The van der Waals surface area contributed by atoms with Crippen LogP contribution in [-0.2, 0) is 9.53 Å². The van der Waals surface area contributed by atoms with Gasteiger partial charge in [0.2, 0.25) is 11.7 Å². The Kier molecular flexibility index (Phi) is 2.58. The van der Waals surface area contributed by atoms with Crippen molar-refractivity contribution in [2.24, 2.45) is 0 Å². The van der Waals surface area contributed by atoms with E-state index in [0.717, 1.165) is 5.56 Å². The van der Waals surface area contributed by atoms with Gasteiger partial charge in [0.25, 0.3) is 0 Å². The van der Waals surface area contributed by atoms with Crippen molar-refractivity contribution in [2.75, 3.05) is 5.32 Å². The summed E-state index contributed by atoms with van der Waals surface area (Å²) in [5.41, 5.74) is 1.46. The zero-order chi connectivity index (χ0) is 12.6. The molecular weight excluding hydrogens is 218 g/mol. The molecule has 1 amide bonds. The molecule has 0 saturated carbocycles. The highest BCUT2D eigenvalue weighted by Gasteiger charge is 2.30. The van der Waals surface area contributed by atoms with Crippen LogP contribution < -0.4 is 10.1 Å². The molecule has 1 N–H and O–H groups in total. The van der Waals surface area contributed by atoms with E-state index in [9.17, 15) is 4.79 Å². The molecule has 90 valence electrons. The maximum absolute atomic E-state index is 11.0. The fourth-order valence-electron chi connectivity index (χ4n) is 1.76. The molecule has 17 heavy (non-hydrogen) atoms. The number of carbonyl (C=O) groups is 1. The summed E-state index contributed by atoms with van der Waals surface area (Å²) in [5, 5.41) is 2.71. The Bertz CT molecular complexity index is 491. The number of hydrogen-bond acceptors (Lipinski definition) is 3. The molecule has 2 rings (SSSR count). The topological polar surface area (TPSA) is 47.6 Å². The van der Waals surface area contributed by atoms with Crippen molar-refractivity contribution in [2.45, 2.75) is 26.6 Å². The SMILES string of the molecule is C=C1OC(C)(C)Oc2ccc(NC(C)=O)cc21. The Hall–Kier alpha value is -1.97. The van der Waals surface area contributed by atoms with E-state index in [1.807, 2.05) is 13.8 Å². The molecule has 1 heterocycles. The summed E-state index contributed by atoms with van der Waals surface area (Å²) in [5.74, 6) is 0.428. The first-order chi connectivity index (χ1) is 7.87. The molecule has 0 fully saturated rings. The Morgan fingerprint density at radius 1 is 1.35 bits per heavy atom. The van der Waals surface area contributed by atoms with Gasteiger partial charge in [-0.15, -0.1) is 0 Å². The zero-order valence-corrected chi connectivity index (χ0v) is 10.2. The number of nitrogens with one attached hydrogen (secondary N) is 1. The maximum atomic E-state index is 11.0. The highest BCUT2D eigenvalue weighted by molar-refractivity contribution is 5.89. The molecule has 4 heteroatoms. The summed E-state index contributed by atoms with van der Waals surface area (Å²) in [7, 11) is 0. The summed E-state index contributed by atoms with van der Waals surface area (Å²) in [6.45, 7) is 8.96. The second kappa shape index (κ2) is 3.80. The number of rotatable bonds is 1. The Balaban J connectivity index is 2.37. The predicted molar refractivity (Wildman–Crippen MR) is 65.6 cm³/mol. The van der Waals surface area contributed by atoms with E-state index in [1.165, 1.54) is 6.92 Å².